The molecule has 0 bridgehead atoms. The molecule has 35 heavy (non-hydrogen) atoms. The van der Waals surface area contributed by atoms with Gasteiger partial charge in [0.1, 0.15) is 11.1 Å². The molecule has 9 nitrogen and oxygen atoms in total. The maximum Gasteiger partial charge on any atom is 0.288 e. The van der Waals surface area contributed by atoms with Crippen molar-refractivity contribution < 1.29 is 19.3 Å². The Morgan fingerprint density at radius 2 is 1.80 bits per heavy atom. The molecule has 0 saturated carbocycles. The zero-order valence-electron chi connectivity index (χ0n) is 18.1. The Morgan fingerprint density at radius 1 is 1.11 bits per heavy atom. The van der Waals surface area contributed by atoms with Gasteiger partial charge in [-0.2, -0.15) is 5.26 Å². The summed E-state index contributed by atoms with van der Waals surface area (Å²) in [5, 5.41) is 20.2. The monoisotopic (exact) mass is 488 g/mol. The van der Waals surface area contributed by atoms with Crippen molar-refractivity contribution in [3.63, 3.8) is 0 Å². The summed E-state index contributed by atoms with van der Waals surface area (Å²) in [4.78, 5) is 52.6. The quantitative estimate of drug-likeness (QED) is 0.292. The molecule has 1 atom stereocenters. The van der Waals surface area contributed by atoms with E-state index in [-0.39, 0.29) is 29.2 Å². The number of rotatable bonds is 6. The third-order valence-corrected chi connectivity index (χ3v) is 5.92. The number of benzene rings is 3. The second-order valence-electron chi connectivity index (χ2n) is 7.79. The van der Waals surface area contributed by atoms with Crippen molar-refractivity contribution in [1.82, 2.24) is 4.90 Å². The minimum Gasteiger partial charge on any atom is -0.322 e. The molecule has 1 unspecified atom stereocenters. The van der Waals surface area contributed by atoms with Crippen LogP contribution in [0.4, 0.5) is 11.4 Å². The fraction of sp³-hybridized carbons (Fsp3) is 0.120. The van der Waals surface area contributed by atoms with Crippen molar-refractivity contribution in [3.8, 4) is 6.07 Å². The van der Waals surface area contributed by atoms with Gasteiger partial charge in [-0.25, -0.2) is 4.90 Å². The highest BCUT2D eigenvalue weighted by molar-refractivity contribution is 6.32. The molecule has 1 heterocycles. The summed E-state index contributed by atoms with van der Waals surface area (Å²) in [5.41, 5.74) is 0.894. The van der Waals surface area contributed by atoms with Crippen molar-refractivity contribution in [2.75, 3.05) is 4.90 Å². The molecule has 0 spiro atoms. The first-order chi connectivity index (χ1) is 16.8. The van der Waals surface area contributed by atoms with Crippen LogP contribution in [-0.2, 0) is 16.1 Å². The highest BCUT2D eigenvalue weighted by Gasteiger charge is 2.44. The zero-order chi connectivity index (χ0) is 25.1. The average molecular weight is 489 g/mol. The Balaban J connectivity index is 1.71. The van der Waals surface area contributed by atoms with Gasteiger partial charge in [0.15, 0.2) is 0 Å². The van der Waals surface area contributed by atoms with Crippen LogP contribution >= 0.6 is 11.6 Å². The minimum absolute atomic E-state index is 0.000986. The Kier molecular flexibility index (Phi) is 6.57. The van der Waals surface area contributed by atoms with Crippen molar-refractivity contribution in [3.05, 3.63) is 105 Å². The van der Waals surface area contributed by atoms with Crippen LogP contribution in [0.5, 0.6) is 0 Å². The third kappa shape index (κ3) is 4.74. The zero-order valence-corrected chi connectivity index (χ0v) is 18.9. The van der Waals surface area contributed by atoms with Crippen molar-refractivity contribution in [2.45, 2.75) is 19.0 Å². The Morgan fingerprint density at radius 3 is 2.43 bits per heavy atom. The third-order valence-electron chi connectivity index (χ3n) is 5.60. The molecule has 3 aromatic carbocycles. The van der Waals surface area contributed by atoms with Crippen LogP contribution in [0.25, 0.3) is 0 Å². The lowest BCUT2D eigenvalue weighted by atomic mass is 10.1. The molecule has 0 aromatic heterocycles. The van der Waals surface area contributed by atoms with E-state index in [2.05, 4.69) is 0 Å². The van der Waals surface area contributed by atoms with Crippen LogP contribution in [-0.4, -0.2) is 33.6 Å². The van der Waals surface area contributed by atoms with Crippen molar-refractivity contribution >= 4 is 40.7 Å². The molecule has 4 rings (SSSR count). The highest BCUT2D eigenvalue weighted by Crippen LogP contribution is 2.30. The van der Waals surface area contributed by atoms with Crippen LogP contribution in [0.15, 0.2) is 72.8 Å². The molecule has 1 saturated heterocycles. The summed E-state index contributed by atoms with van der Waals surface area (Å²) < 4.78 is 0. The van der Waals surface area contributed by atoms with Gasteiger partial charge in [0.2, 0.25) is 5.91 Å². The Labute approximate surface area is 204 Å². The van der Waals surface area contributed by atoms with Crippen LogP contribution in [0.3, 0.4) is 0 Å². The number of anilines is 1. The van der Waals surface area contributed by atoms with E-state index in [0.29, 0.717) is 11.1 Å². The van der Waals surface area contributed by atoms with Gasteiger partial charge >= 0.3 is 0 Å². The fourth-order valence-electron chi connectivity index (χ4n) is 3.87. The molecule has 1 aliphatic heterocycles. The SMILES string of the molecule is N#Cc1ccc(N2C(=O)CC(N(Cc3ccccc3)C(=O)c3ccc(Cl)c([N+](=O)[O-])c3)C2=O)cc1. The van der Waals surface area contributed by atoms with Gasteiger partial charge in [-0.1, -0.05) is 41.9 Å². The average Bonchev–Trinajstić information content (AvgIpc) is 3.16. The summed E-state index contributed by atoms with van der Waals surface area (Å²) in [6, 6.07) is 19.3. The number of imide groups is 1. The first kappa shape index (κ1) is 23.6. The summed E-state index contributed by atoms with van der Waals surface area (Å²) in [6.07, 6.45) is -0.257. The Hall–Kier alpha value is -4.55. The van der Waals surface area contributed by atoms with Gasteiger partial charge in [0.25, 0.3) is 17.5 Å². The largest absolute Gasteiger partial charge is 0.322 e. The van der Waals surface area contributed by atoms with E-state index in [1.165, 1.54) is 41.3 Å². The molecular weight excluding hydrogens is 472 g/mol. The second kappa shape index (κ2) is 9.75. The fourth-order valence-corrected chi connectivity index (χ4v) is 4.06. The lowest BCUT2D eigenvalue weighted by Crippen LogP contribution is -2.45. The van der Waals surface area contributed by atoms with E-state index in [0.717, 1.165) is 11.0 Å². The standard InChI is InChI=1S/C25H17ClN4O5/c26-20-11-8-18(12-21(20)30(34)35)24(32)28(15-17-4-2-1-3-5-17)22-13-23(31)29(25(22)33)19-9-6-16(14-27)7-10-19/h1-12,22H,13,15H2. The smallest absolute Gasteiger partial charge is 0.288 e. The van der Waals surface area contributed by atoms with Crippen LogP contribution in [0.1, 0.15) is 27.9 Å². The number of halogens is 1. The number of carbonyl (C=O) groups excluding carboxylic acids is 3. The number of hydrogen-bond acceptors (Lipinski definition) is 6. The number of nitriles is 1. The van der Waals surface area contributed by atoms with Gasteiger partial charge in [-0.3, -0.25) is 24.5 Å². The number of hydrogen-bond donors (Lipinski definition) is 0. The van der Waals surface area contributed by atoms with Gasteiger partial charge < -0.3 is 4.90 Å². The van der Waals surface area contributed by atoms with E-state index < -0.39 is 34.4 Å². The first-order valence-corrected chi connectivity index (χ1v) is 10.8. The maximum atomic E-state index is 13.5. The lowest BCUT2D eigenvalue weighted by Gasteiger charge is -2.28. The van der Waals surface area contributed by atoms with Crippen molar-refractivity contribution in [2.24, 2.45) is 0 Å². The maximum absolute atomic E-state index is 13.5. The molecule has 174 valence electrons. The van der Waals surface area contributed by atoms with Gasteiger partial charge in [0.05, 0.1) is 28.7 Å². The van der Waals surface area contributed by atoms with E-state index >= 15 is 0 Å². The summed E-state index contributed by atoms with van der Waals surface area (Å²) in [7, 11) is 0. The second-order valence-corrected chi connectivity index (χ2v) is 8.20. The van der Waals surface area contributed by atoms with E-state index in [1.807, 2.05) is 6.07 Å². The first-order valence-electron chi connectivity index (χ1n) is 10.5. The predicted molar refractivity (Wildman–Crippen MR) is 126 cm³/mol. The predicted octanol–water partition coefficient (Wildman–Crippen LogP) is 4.09. The molecule has 1 fully saturated rings. The summed E-state index contributed by atoms with van der Waals surface area (Å²) >= 11 is 5.89. The molecule has 1 aliphatic rings. The van der Waals surface area contributed by atoms with Crippen molar-refractivity contribution in [1.29, 1.82) is 5.26 Å². The highest BCUT2D eigenvalue weighted by atomic mass is 35.5. The van der Waals surface area contributed by atoms with Crippen LogP contribution < -0.4 is 4.90 Å². The topological polar surface area (TPSA) is 125 Å². The number of carbonyl (C=O) groups is 3. The lowest BCUT2D eigenvalue weighted by molar-refractivity contribution is -0.384. The van der Waals surface area contributed by atoms with Crippen LogP contribution in [0.2, 0.25) is 5.02 Å². The van der Waals surface area contributed by atoms with Crippen LogP contribution in [0, 0.1) is 21.4 Å². The normalized spacial score (nSPS) is 15.1. The molecule has 0 aliphatic carbocycles. The number of nitro groups is 1. The van der Waals surface area contributed by atoms with E-state index in [9.17, 15) is 24.5 Å². The minimum atomic E-state index is -1.12. The molecular formula is C25H17ClN4O5. The molecule has 3 amide bonds. The van der Waals surface area contributed by atoms with E-state index in [1.54, 1.807) is 30.3 Å². The number of nitro benzene ring substituents is 1. The molecule has 3 aromatic rings. The number of amides is 3. The summed E-state index contributed by atoms with van der Waals surface area (Å²) in [6.45, 7) is 0.000986. The Bertz CT molecular complexity index is 1370. The van der Waals surface area contributed by atoms with Gasteiger partial charge in [-0.15, -0.1) is 0 Å². The van der Waals surface area contributed by atoms with E-state index in [4.69, 9.17) is 16.9 Å². The molecule has 10 heteroatoms. The van der Waals surface area contributed by atoms with Gasteiger partial charge in [-0.05, 0) is 42.0 Å². The molecule has 0 radical (unpaired) electrons. The van der Waals surface area contributed by atoms with Gasteiger partial charge in [0, 0.05) is 18.2 Å². The summed E-state index contributed by atoms with van der Waals surface area (Å²) in [5.74, 6) is -1.76. The number of nitrogens with zero attached hydrogens (tertiary/aromatic N) is 4. The molecule has 0 N–H and O–H groups in total.